The van der Waals surface area contributed by atoms with Gasteiger partial charge in [-0.2, -0.15) is 0 Å². The molecule has 2 atom stereocenters. The van der Waals surface area contributed by atoms with E-state index in [4.69, 9.17) is 9.47 Å². The Bertz CT molecular complexity index is 574. The van der Waals surface area contributed by atoms with Gasteiger partial charge in [0.05, 0.1) is 24.4 Å². The van der Waals surface area contributed by atoms with Gasteiger partial charge >= 0.3 is 0 Å². The predicted octanol–water partition coefficient (Wildman–Crippen LogP) is -0.103. The quantitative estimate of drug-likeness (QED) is 0.707. The van der Waals surface area contributed by atoms with E-state index < -0.39 is 12.1 Å². The van der Waals surface area contributed by atoms with Crippen molar-refractivity contribution >= 4 is 17.5 Å². The topological polar surface area (TPSA) is 96.9 Å². The maximum atomic E-state index is 12.2. The molecular weight excluding hydrogens is 276 g/mol. The molecule has 1 aromatic carbocycles. The van der Waals surface area contributed by atoms with Crippen LogP contribution in [0.4, 0.5) is 5.69 Å². The number of aliphatic hydroxyl groups excluding tert-OH is 1. The highest BCUT2D eigenvalue weighted by Crippen LogP contribution is 2.28. The number of anilines is 1. The van der Waals surface area contributed by atoms with Gasteiger partial charge in [-0.05, 0) is 24.6 Å². The van der Waals surface area contributed by atoms with E-state index in [2.05, 4.69) is 10.6 Å². The van der Waals surface area contributed by atoms with Crippen molar-refractivity contribution in [2.75, 3.05) is 25.1 Å². The average molecular weight is 292 g/mol. The van der Waals surface area contributed by atoms with Gasteiger partial charge in [-0.1, -0.05) is 0 Å². The summed E-state index contributed by atoms with van der Waals surface area (Å²) in [7, 11) is 0. The maximum absolute atomic E-state index is 12.2. The molecule has 2 amide bonds. The zero-order valence-electron chi connectivity index (χ0n) is 11.3. The number of hydrogen-bond donors (Lipinski definition) is 3. The fourth-order valence-corrected chi connectivity index (χ4v) is 2.33. The molecule has 0 unspecified atom stereocenters. The van der Waals surface area contributed by atoms with E-state index in [-0.39, 0.29) is 18.4 Å². The second-order valence-electron chi connectivity index (χ2n) is 5.06. The first-order valence-electron chi connectivity index (χ1n) is 6.77. The number of rotatable bonds is 2. The third-order valence-electron chi connectivity index (χ3n) is 3.51. The molecule has 7 nitrogen and oxygen atoms in total. The number of carbonyl (C=O) groups excluding carboxylic acids is 2. The average Bonchev–Trinajstić information content (AvgIpc) is 2.49. The van der Waals surface area contributed by atoms with Gasteiger partial charge in [-0.3, -0.25) is 9.59 Å². The smallest absolute Gasteiger partial charge is 0.262 e. The minimum Gasteiger partial charge on any atom is -0.482 e. The van der Waals surface area contributed by atoms with Crippen LogP contribution in [-0.2, 0) is 9.53 Å². The Kier molecular flexibility index (Phi) is 3.76. The molecule has 1 saturated heterocycles. The minimum absolute atomic E-state index is 0.0623. The van der Waals surface area contributed by atoms with Gasteiger partial charge in [0.25, 0.3) is 11.8 Å². The van der Waals surface area contributed by atoms with Crippen molar-refractivity contribution in [1.29, 1.82) is 0 Å². The molecule has 2 aliphatic heterocycles. The molecule has 3 N–H and O–H groups in total. The lowest BCUT2D eigenvalue weighted by Crippen LogP contribution is -2.49. The highest BCUT2D eigenvalue weighted by Gasteiger charge is 2.26. The first kappa shape index (κ1) is 13.8. The normalized spacial score (nSPS) is 24.5. The third kappa shape index (κ3) is 2.98. The van der Waals surface area contributed by atoms with Gasteiger partial charge in [0.1, 0.15) is 5.75 Å². The van der Waals surface area contributed by atoms with Gasteiger partial charge in [0.15, 0.2) is 6.61 Å². The SMILES string of the molecule is O=C1COc2cc(C(=O)N[C@@H]3COCC[C@H]3O)ccc2N1. The molecule has 0 aromatic heterocycles. The van der Waals surface area contributed by atoms with Crippen molar-refractivity contribution in [1.82, 2.24) is 5.32 Å². The van der Waals surface area contributed by atoms with Crippen LogP contribution in [0.3, 0.4) is 0 Å². The number of nitrogens with one attached hydrogen (secondary N) is 2. The van der Waals surface area contributed by atoms with Gasteiger partial charge in [0.2, 0.25) is 0 Å². The van der Waals surface area contributed by atoms with Crippen LogP contribution in [0, 0.1) is 0 Å². The number of benzene rings is 1. The van der Waals surface area contributed by atoms with Crippen LogP contribution >= 0.6 is 0 Å². The Balaban J connectivity index is 1.71. The van der Waals surface area contributed by atoms with Crippen LogP contribution in [0.5, 0.6) is 5.75 Å². The lowest BCUT2D eigenvalue weighted by Gasteiger charge is -2.28. The molecular formula is C14H16N2O5. The minimum atomic E-state index is -0.601. The van der Waals surface area contributed by atoms with E-state index in [0.29, 0.717) is 36.6 Å². The molecule has 21 heavy (non-hydrogen) atoms. The van der Waals surface area contributed by atoms with Gasteiger partial charge in [-0.25, -0.2) is 0 Å². The standard InChI is InChI=1S/C14H16N2O5/c17-11-3-4-20-6-10(11)16-14(19)8-1-2-9-12(5-8)21-7-13(18)15-9/h1-2,5,10-11,17H,3-4,6-7H2,(H,15,18)(H,16,19)/t10-,11-/m1/s1. The molecule has 112 valence electrons. The summed E-state index contributed by atoms with van der Waals surface area (Å²) in [5, 5.41) is 15.2. The number of aliphatic hydroxyl groups is 1. The molecule has 0 radical (unpaired) electrons. The maximum Gasteiger partial charge on any atom is 0.262 e. The van der Waals surface area contributed by atoms with Crippen molar-refractivity contribution in [3.05, 3.63) is 23.8 Å². The van der Waals surface area contributed by atoms with Crippen molar-refractivity contribution in [3.63, 3.8) is 0 Å². The molecule has 3 rings (SSSR count). The van der Waals surface area contributed by atoms with Crippen LogP contribution in [-0.4, -0.2) is 48.9 Å². The second kappa shape index (κ2) is 5.71. The number of fused-ring (bicyclic) bond motifs is 1. The number of hydrogen-bond acceptors (Lipinski definition) is 5. The van der Waals surface area contributed by atoms with Crippen LogP contribution in [0.15, 0.2) is 18.2 Å². The lowest BCUT2D eigenvalue weighted by molar-refractivity contribution is -0.118. The van der Waals surface area contributed by atoms with Crippen LogP contribution in [0.1, 0.15) is 16.8 Å². The number of ether oxygens (including phenoxy) is 2. The van der Waals surface area contributed by atoms with E-state index in [1.54, 1.807) is 18.2 Å². The summed E-state index contributed by atoms with van der Waals surface area (Å²) in [6.07, 6.45) is -0.0968. The Morgan fingerprint density at radius 3 is 3.10 bits per heavy atom. The van der Waals surface area contributed by atoms with Crippen LogP contribution < -0.4 is 15.4 Å². The largest absolute Gasteiger partial charge is 0.482 e. The zero-order valence-corrected chi connectivity index (χ0v) is 11.3. The molecule has 7 heteroatoms. The Morgan fingerprint density at radius 1 is 1.43 bits per heavy atom. The monoisotopic (exact) mass is 292 g/mol. The van der Waals surface area contributed by atoms with E-state index in [0.717, 1.165) is 0 Å². The summed E-state index contributed by atoms with van der Waals surface area (Å²) >= 11 is 0. The van der Waals surface area contributed by atoms with Gasteiger partial charge in [-0.15, -0.1) is 0 Å². The highest BCUT2D eigenvalue weighted by atomic mass is 16.5. The van der Waals surface area contributed by atoms with Crippen molar-refractivity contribution in [3.8, 4) is 5.75 Å². The van der Waals surface area contributed by atoms with Crippen molar-refractivity contribution in [2.24, 2.45) is 0 Å². The molecule has 0 aliphatic carbocycles. The summed E-state index contributed by atoms with van der Waals surface area (Å²) < 4.78 is 10.5. The molecule has 2 heterocycles. The predicted molar refractivity (Wildman–Crippen MR) is 73.3 cm³/mol. The fourth-order valence-electron chi connectivity index (χ4n) is 2.33. The van der Waals surface area contributed by atoms with E-state index >= 15 is 0 Å². The fraction of sp³-hybridized carbons (Fsp3) is 0.429. The number of amides is 2. The summed E-state index contributed by atoms with van der Waals surface area (Å²) in [4.78, 5) is 23.4. The molecule has 0 saturated carbocycles. The summed E-state index contributed by atoms with van der Waals surface area (Å²) in [6.45, 7) is 0.734. The Hall–Kier alpha value is -2.12. The molecule has 1 fully saturated rings. The van der Waals surface area contributed by atoms with Gasteiger partial charge < -0.3 is 25.2 Å². The van der Waals surface area contributed by atoms with E-state index in [9.17, 15) is 14.7 Å². The lowest BCUT2D eigenvalue weighted by atomic mass is 10.1. The Morgan fingerprint density at radius 2 is 2.29 bits per heavy atom. The molecule has 1 aromatic rings. The van der Waals surface area contributed by atoms with E-state index in [1.165, 1.54) is 0 Å². The molecule has 0 spiro atoms. The second-order valence-corrected chi connectivity index (χ2v) is 5.06. The first-order chi connectivity index (χ1) is 10.1. The molecule has 2 aliphatic rings. The molecule has 0 bridgehead atoms. The Labute approximate surface area is 121 Å². The summed E-state index contributed by atoms with van der Waals surface area (Å²) in [5.41, 5.74) is 0.950. The summed E-state index contributed by atoms with van der Waals surface area (Å²) in [5.74, 6) is -0.0716. The van der Waals surface area contributed by atoms with Crippen LogP contribution in [0.2, 0.25) is 0 Å². The van der Waals surface area contributed by atoms with Crippen molar-refractivity contribution < 1.29 is 24.2 Å². The third-order valence-corrected chi connectivity index (χ3v) is 3.51. The van der Waals surface area contributed by atoms with Crippen LogP contribution in [0.25, 0.3) is 0 Å². The van der Waals surface area contributed by atoms with Crippen molar-refractivity contribution in [2.45, 2.75) is 18.6 Å². The zero-order chi connectivity index (χ0) is 14.8. The highest BCUT2D eigenvalue weighted by molar-refractivity contribution is 5.99. The number of carbonyl (C=O) groups is 2. The first-order valence-corrected chi connectivity index (χ1v) is 6.77. The summed E-state index contributed by atoms with van der Waals surface area (Å²) in [6, 6.07) is 4.37. The van der Waals surface area contributed by atoms with E-state index in [1.807, 2.05) is 0 Å². The van der Waals surface area contributed by atoms with Gasteiger partial charge in [0, 0.05) is 12.2 Å².